The van der Waals surface area contributed by atoms with Crippen molar-refractivity contribution in [3.8, 4) is 0 Å². The number of benzene rings is 1. The number of rotatable bonds is 7. The van der Waals surface area contributed by atoms with Crippen LogP contribution in [0, 0.1) is 0 Å². The molecule has 1 heterocycles. The van der Waals surface area contributed by atoms with Gasteiger partial charge in [0.25, 0.3) is 0 Å². The molecule has 0 unspecified atom stereocenters. The smallest absolute Gasteiger partial charge is 0.190 e. The van der Waals surface area contributed by atoms with Crippen LogP contribution in [0.25, 0.3) is 0 Å². The highest BCUT2D eigenvalue weighted by molar-refractivity contribution is 5.79. The fourth-order valence-electron chi connectivity index (χ4n) is 2.60. The first-order valence-electron chi connectivity index (χ1n) is 8.99. The lowest BCUT2D eigenvalue weighted by Crippen LogP contribution is -2.38. The van der Waals surface area contributed by atoms with Crippen LogP contribution < -0.4 is 10.6 Å². The molecule has 5 nitrogen and oxygen atoms in total. The van der Waals surface area contributed by atoms with Crippen molar-refractivity contribution in [3.05, 3.63) is 54.1 Å². The predicted octanol–water partition coefficient (Wildman–Crippen LogP) is 2.98. The summed E-state index contributed by atoms with van der Waals surface area (Å²) in [6.07, 6.45) is 7.66. The van der Waals surface area contributed by atoms with Gasteiger partial charge < -0.3 is 15.2 Å². The summed E-state index contributed by atoms with van der Waals surface area (Å²) in [4.78, 5) is 8.32. The summed E-state index contributed by atoms with van der Waals surface area (Å²) < 4.78 is 2.08. The fraction of sp³-hybridized carbons (Fsp3) is 0.500. The van der Waals surface area contributed by atoms with E-state index in [0.29, 0.717) is 0 Å². The molecule has 1 aromatic heterocycles. The summed E-state index contributed by atoms with van der Waals surface area (Å²) >= 11 is 0. The number of aliphatic imine (C=N–C) groups is 1. The molecule has 0 spiro atoms. The summed E-state index contributed by atoms with van der Waals surface area (Å²) in [5.74, 6) is 0.858. The number of guanidine groups is 1. The topological polar surface area (TPSA) is 54.2 Å². The molecule has 5 heteroatoms. The van der Waals surface area contributed by atoms with Crippen LogP contribution in [0.15, 0.2) is 48.0 Å². The first kappa shape index (κ1) is 19.0. The summed E-state index contributed by atoms with van der Waals surface area (Å²) in [7, 11) is 1.81. The Morgan fingerprint density at radius 1 is 1.12 bits per heavy atom. The molecule has 136 valence electrons. The van der Waals surface area contributed by atoms with E-state index in [0.717, 1.165) is 38.4 Å². The predicted molar refractivity (Wildman–Crippen MR) is 105 cm³/mol. The molecule has 0 aliphatic heterocycles. The highest BCUT2D eigenvalue weighted by Gasteiger charge is 2.12. The summed E-state index contributed by atoms with van der Waals surface area (Å²) in [6, 6.07) is 8.92. The van der Waals surface area contributed by atoms with Crippen LogP contribution in [0.4, 0.5) is 0 Å². The number of aryl methyl sites for hydroxylation is 1. The normalized spacial score (nSPS) is 12.2. The summed E-state index contributed by atoms with van der Waals surface area (Å²) in [5, 5.41) is 6.73. The van der Waals surface area contributed by atoms with Crippen LogP contribution in [-0.2, 0) is 18.4 Å². The van der Waals surface area contributed by atoms with Crippen molar-refractivity contribution in [1.29, 1.82) is 0 Å². The second-order valence-electron chi connectivity index (χ2n) is 7.28. The molecular formula is C20H31N5. The van der Waals surface area contributed by atoms with E-state index in [-0.39, 0.29) is 5.41 Å². The van der Waals surface area contributed by atoms with Crippen molar-refractivity contribution in [2.75, 3.05) is 20.1 Å². The van der Waals surface area contributed by atoms with Crippen molar-refractivity contribution < 1.29 is 0 Å². The van der Waals surface area contributed by atoms with Gasteiger partial charge in [0.15, 0.2) is 5.96 Å². The number of imidazole rings is 1. The monoisotopic (exact) mass is 341 g/mol. The van der Waals surface area contributed by atoms with Gasteiger partial charge in [-0.3, -0.25) is 4.99 Å². The fourth-order valence-corrected chi connectivity index (χ4v) is 2.60. The van der Waals surface area contributed by atoms with E-state index in [9.17, 15) is 0 Å². The zero-order valence-corrected chi connectivity index (χ0v) is 15.9. The molecular weight excluding hydrogens is 310 g/mol. The van der Waals surface area contributed by atoms with Gasteiger partial charge in [-0.25, -0.2) is 4.98 Å². The standard InChI is InChI=1S/C20H31N5/c1-20(2,3)18-8-6-17(7-9-18)10-12-24-19(21-4)23-11-5-14-25-15-13-22-16-25/h6-9,13,15-16H,5,10-12,14H2,1-4H3,(H2,21,23,24). The zero-order chi connectivity index (χ0) is 18.1. The van der Waals surface area contributed by atoms with E-state index >= 15 is 0 Å². The molecule has 0 atom stereocenters. The Labute approximate surface area is 151 Å². The van der Waals surface area contributed by atoms with Crippen molar-refractivity contribution in [2.24, 2.45) is 4.99 Å². The average Bonchev–Trinajstić information content (AvgIpc) is 3.10. The Morgan fingerprint density at radius 3 is 2.44 bits per heavy atom. The number of nitrogens with zero attached hydrogens (tertiary/aromatic N) is 3. The van der Waals surface area contributed by atoms with Crippen LogP contribution in [0.1, 0.15) is 38.3 Å². The molecule has 0 fully saturated rings. The maximum atomic E-state index is 4.28. The summed E-state index contributed by atoms with van der Waals surface area (Å²) in [6.45, 7) is 9.45. The molecule has 2 aromatic rings. The highest BCUT2D eigenvalue weighted by Crippen LogP contribution is 2.22. The number of hydrogen-bond donors (Lipinski definition) is 2. The van der Waals surface area contributed by atoms with Gasteiger partial charge in [-0.05, 0) is 29.4 Å². The van der Waals surface area contributed by atoms with Crippen LogP contribution in [-0.4, -0.2) is 35.6 Å². The number of nitrogens with one attached hydrogen (secondary N) is 2. The third kappa shape index (κ3) is 6.61. The van der Waals surface area contributed by atoms with Crippen LogP contribution in [0.2, 0.25) is 0 Å². The van der Waals surface area contributed by atoms with Crippen molar-refractivity contribution in [1.82, 2.24) is 20.2 Å². The molecule has 0 radical (unpaired) electrons. The Bertz CT molecular complexity index is 636. The third-order valence-electron chi connectivity index (χ3n) is 4.19. The van der Waals surface area contributed by atoms with Gasteiger partial charge in [-0.2, -0.15) is 0 Å². The van der Waals surface area contributed by atoms with E-state index in [2.05, 4.69) is 70.2 Å². The molecule has 1 aromatic carbocycles. The highest BCUT2D eigenvalue weighted by atomic mass is 15.2. The minimum atomic E-state index is 0.208. The van der Waals surface area contributed by atoms with E-state index in [1.807, 2.05) is 25.8 Å². The van der Waals surface area contributed by atoms with Crippen molar-refractivity contribution in [3.63, 3.8) is 0 Å². The molecule has 0 saturated heterocycles. The van der Waals surface area contributed by atoms with Gasteiger partial charge in [0, 0.05) is 39.1 Å². The van der Waals surface area contributed by atoms with E-state index < -0.39 is 0 Å². The molecule has 2 rings (SSSR count). The molecule has 0 amide bonds. The second-order valence-corrected chi connectivity index (χ2v) is 7.28. The molecule has 2 N–H and O–H groups in total. The van der Waals surface area contributed by atoms with Crippen LogP contribution in [0.5, 0.6) is 0 Å². The number of hydrogen-bond acceptors (Lipinski definition) is 2. The van der Waals surface area contributed by atoms with Gasteiger partial charge >= 0.3 is 0 Å². The van der Waals surface area contributed by atoms with Gasteiger partial charge in [-0.1, -0.05) is 45.0 Å². The molecule has 0 aliphatic rings. The van der Waals surface area contributed by atoms with E-state index in [4.69, 9.17) is 0 Å². The largest absolute Gasteiger partial charge is 0.356 e. The van der Waals surface area contributed by atoms with E-state index in [1.165, 1.54) is 11.1 Å². The van der Waals surface area contributed by atoms with Gasteiger partial charge in [-0.15, -0.1) is 0 Å². The van der Waals surface area contributed by atoms with Gasteiger partial charge in [0.05, 0.1) is 6.33 Å². The summed E-state index contributed by atoms with van der Waals surface area (Å²) in [5.41, 5.74) is 2.93. The Hall–Kier alpha value is -2.30. The zero-order valence-electron chi connectivity index (χ0n) is 15.9. The Morgan fingerprint density at radius 2 is 1.84 bits per heavy atom. The Balaban J connectivity index is 1.66. The lowest BCUT2D eigenvalue weighted by molar-refractivity contribution is 0.590. The Kier molecular flexibility index (Phi) is 7.04. The van der Waals surface area contributed by atoms with Crippen LogP contribution in [0.3, 0.4) is 0 Å². The SMILES string of the molecule is CN=C(NCCCn1ccnc1)NCCc1ccc(C(C)(C)C)cc1. The van der Waals surface area contributed by atoms with Gasteiger partial charge in [0.2, 0.25) is 0 Å². The third-order valence-corrected chi connectivity index (χ3v) is 4.19. The maximum Gasteiger partial charge on any atom is 0.190 e. The van der Waals surface area contributed by atoms with Crippen molar-refractivity contribution in [2.45, 2.75) is 45.6 Å². The average molecular weight is 342 g/mol. The van der Waals surface area contributed by atoms with Gasteiger partial charge in [0.1, 0.15) is 0 Å². The lowest BCUT2D eigenvalue weighted by Gasteiger charge is -2.19. The van der Waals surface area contributed by atoms with Crippen molar-refractivity contribution >= 4 is 5.96 Å². The molecule has 0 bridgehead atoms. The lowest BCUT2D eigenvalue weighted by atomic mass is 9.86. The quantitative estimate of drug-likeness (QED) is 0.462. The maximum absolute atomic E-state index is 4.28. The number of aromatic nitrogens is 2. The minimum absolute atomic E-state index is 0.208. The molecule has 0 saturated carbocycles. The molecule has 0 aliphatic carbocycles. The van der Waals surface area contributed by atoms with Crippen LogP contribution >= 0.6 is 0 Å². The minimum Gasteiger partial charge on any atom is -0.356 e. The first-order chi connectivity index (χ1) is 12.0. The molecule has 25 heavy (non-hydrogen) atoms. The second kappa shape index (κ2) is 9.25. The first-order valence-corrected chi connectivity index (χ1v) is 8.99. The van der Waals surface area contributed by atoms with E-state index in [1.54, 1.807) is 0 Å².